The number of ether oxygens (including phenoxy) is 2. The molecule has 148 heavy (non-hydrogen) atoms. The van der Waals surface area contributed by atoms with E-state index >= 15 is 0 Å². The van der Waals surface area contributed by atoms with E-state index in [1.54, 1.807) is 69.8 Å². The van der Waals surface area contributed by atoms with Gasteiger partial charge in [-0.3, -0.25) is 0 Å². The van der Waals surface area contributed by atoms with Crippen LogP contribution in [0.5, 0.6) is 11.5 Å². The normalized spacial score (nSPS) is 9.59. The van der Waals surface area contributed by atoms with Gasteiger partial charge in [-0.1, -0.05) is 245 Å². The lowest BCUT2D eigenvalue weighted by Crippen LogP contribution is -2.01. The fraction of sp³-hybridized carbons (Fsp3) is 0.231. The molecular formula is C121H154Cl4F4N16O3. The molecule has 0 amide bonds. The molecule has 0 spiro atoms. The van der Waals surface area contributed by atoms with Gasteiger partial charge in [0.1, 0.15) is 52.2 Å². The molecule has 16 aromatic rings. The zero-order chi connectivity index (χ0) is 111. The zero-order valence-corrected chi connectivity index (χ0v) is 91.8. The van der Waals surface area contributed by atoms with E-state index in [0.29, 0.717) is 96.7 Å². The molecular weight excluding hydrogens is 1940 g/mol. The number of pyridine rings is 3. The third-order valence-corrected chi connectivity index (χ3v) is 22.3. The maximum absolute atomic E-state index is 12.8. The molecule has 0 saturated heterocycles. The second kappa shape index (κ2) is 77.0. The number of hydrogen-bond acceptors (Lipinski definition) is 19. The number of nitrogens with two attached hydrogens (primary N) is 13. The second-order valence-corrected chi connectivity index (χ2v) is 35.3. The molecule has 3 heterocycles. The molecule has 0 bridgehead atoms. The molecule has 27 heteroatoms. The van der Waals surface area contributed by atoms with Gasteiger partial charge < -0.3 is 89.1 Å². The van der Waals surface area contributed by atoms with Crippen LogP contribution < -0.4 is 84.0 Å². The van der Waals surface area contributed by atoms with Gasteiger partial charge in [-0.25, -0.2) is 32.5 Å². The topological polar surface area (TPSA) is 416 Å². The lowest BCUT2D eigenvalue weighted by molar-refractivity contribution is 0.281. The third-order valence-electron chi connectivity index (χ3n) is 21.2. The van der Waals surface area contributed by atoms with Gasteiger partial charge in [0.25, 0.3) is 0 Å². The van der Waals surface area contributed by atoms with Crippen molar-refractivity contribution >= 4 is 69.5 Å². The van der Waals surface area contributed by atoms with Crippen molar-refractivity contribution in [3.8, 4) is 11.5 Å². The van der Waals surface area contributed by atoms with Crippen molar-refractivity contribution < 1.29 is 32.1 Å². The van der Waals surface area contributed by atoms with Gasteiger partial charge in [-0.05, 0) is 356 Å². The summed E-state index contributed by atoms with van der Waals surface area (Å²) in [5, 5.41) is 11.6. The Morgan fingerprint density at radius 2 is 0.696 bits per heavy atom. The van der Waals surface area contributed by atoms with Crippen LogP contribution in [-0.2, 0) is 65.5 Å². The van der Waals surface area contributed by atoms with Crippen molar-refractivity contribution in [2.45, 2.75) is 176 Å². The molecule has 0 saturated carbocycles. The average molecular weight is 2100 g/mol. The van der Waals surface area contributed by atoms with E-state index in [4.69, 9.17) is 136 Å². The smallest absolute Gasteiger partial charge is 0.142 e. The summed E-state index contributed by atoms with van der Waals surface area (Å²) in [5.41, 5.74) is 98.7. The zero-order valence-electron chi connectivity index (χ0n) is 88.8. The number of methoxy groups -OCH3 is 2. The van der Waals surface area contributed by atoms with E-state index < -0.39 is 0 Å². The quantitative estimate of drug-likeness (QED) is 0.0399. The number of aromatic nitrogens is 3. The predicted molar refractivity (Wildman–Crippen MR) is 620 cm³/mol. The van der Waals surface area contributed by atoms with E-state index in [-0.39, 0.29) is 36.4 Å². The third kappa shape index (κ3) is 58.8. The number of rotatable bonds is 12. The summed E-state index contributed by atoms with van der Waals surface area (Å²) in [6.45, 7) is 36.2. The Morgan fingerprint density at radius 1 is 0.277 bits per heavy atom. The molecule has 16 rings (SSSR count). The molecule has 0 aliphatic heterocycles. The Hall–Kier alpha value is -13.4. The van der Waals surface area contributed by atoms with Gasteiger partial charge in [0, 0.05) is 92.1 Å². The molecule has 0 aliphatic carbocycles. The van der Waals surface area contributed by atoms with Gasteiger partial charge in [0.05, 0.1) is 36.6 Å². The van der Waals surface area contributed by atoms with Crippen molar-refractivity contribution in [1.29, 1.82) is 0 Å². The molecule has 0 aliphatic rings. The lowest BCUT2D eigenvalue weighted by Gasteiger charge is -2.04. The molecule has 792 valence electrons. The first-order valence-corrected chi connectivity index (χ1v) is 49.0. The number of halogens is 8. The second-order valence-electron chi connectivity index (χ2n) is 33.6. The highest BCUT2D eigenvalue weighted by molar-refractivity contribution is 6.33. The highest BCUT2D eigenvalue weighted by atomic mass is 35.5. The highest BCUT2D eigenvalue weighted by Gasteiger charge is 2.06. The minimum absolute atomic E-state index is 0.103. The predicted octanol–water partition coefficient (Wildman–Crippen LogP) is 26.2. The van der Waals surface area contributed by atoms with Crippen LogP contribution in [0.15, 0.2) is 322 Å². The summed E-state index contributed by atoms with van der Waals surface area (Å²) in [6, 6.07) is 97.5. The summed E-state index contributed by atoms with van der Waals surface area (Å²) in [5.74, 6) is 2.56. The SMILES string of the molecule is COc1ccc(C)c(CN)c1.COc1ccc(C)cc1.Cc1c(F)cccc1CN.Cc1cc(CO)ccc1CN.Cc1cc(F)ccc1CN.Cc1ccc(CN)cc1.Cc1ccc(Cl)c(N)c1.Cc1ccc(Cl)c(N)n1.Cc1ccc(F)cc1CN.Cc1cccc(CN)c1.Cc1cccc(Cl)c1.Cc1cccc(Cl)c1.Cc1cccc(F)c1CN.Cc1cccc(N)n1.Cc1ccccc1CN.Cc1ccnc(N)c1. The molecule has 0 radical (unpaired) electrons. The summed E-state index contributed by atoms with van der Waals surface area (Å²) in [4.78, 5) is 11.7. The Kier molecular flexibility index (Phi) is 69.0. The van der Waals surface area contributed by atoms with Gasteiger partial charge in [0.15, 0.2) is 0 Å². The fourth-order valence-electron chi connectivity index (χ4n) is 12.3. The fourth-order valence-corrected chi connectivity index (χ4v) is 13.0. The van der Waals surface area contributed by atoms with Crippen LogP contribution in [0.1, 0.15) is 145 Å². The minimum atomic E-state index is -0.217. The van der Waals surface area contributed by atoms with Crippen LogP contribution in [0.25, 0.3) is 0 Å². The van der Waals surface area contributed by atoms with Crippen LogP contribution in [0.4, 0.5) is 40.7 Å². The van der Waals surface area contributed by atoms with Crippen molar-refractivity contribution in [3.63, 3.8) is 0 Å². The van der Waals surface area contributed by atoms with E-state index in [0.717, 1.165) is 99.7 Å². The van der Waals surface area contributed by atoms with Crippen molar-refractivity contribution in [1.82, 2.24) is 15.0 Å². The Bertz CT molecular complexity index is 6070. The Labute approximate surface area is 897 Å². The first kappa shape index (κ1) is 133. The molecule has 3 aromatic heterocycles. The summed E-state index contributed by atoms with van der Waals surface area (Å²) >= 11 is 22.5. The maximum atomic E-state index is 12.8. The molecule has 0 unspecified atom stereocenters. The van der Waals surface area contributed by atoms with Crippen molar-refractivity contribution in [2.24, 2.45) is 51.6 Å². The largest absolute Gasteiger partial charge is 0.497 e. The van der Waals surface area contributed by atoms with E-state index in [2.05, 4.69) is 91.2 Å². The Balaban J connectivity index is 0.000000790. The summed E-state index contributed by atoms with van der Waals surface area (Å²) < 4.78 is 60.4. The van der Waals surface area contributed by atoms with E-state index in [1.807, 2.05) is 264 Å². The van der Waals surface area contributed by atoms with Crippen molar-refractivity contribution in [3.05, 3.63) is 510 Å². The highest BCUT2D eigenvalue weighted by Crippen LogP contribution is 2.22. The molecule has 27 N–H and O–H groups in total. The summed E-state index contributed by atoms with van der Waals surface area (Å²) in [6.07, 6.45) is 1.70. The van der Waals surface area contributed by atoms with E-state index in [9.17, 15) is 17.6 Å². The number of benzene rings is 13. The number of nitrogens with zero attached hydrogens (tertiary/aromatic N) is 3. The average Bonchev–Trinajstić information content (AvgIpc) is 0.879. The standard InChI is InChI=1S/2C9H13NO.4C8H10FN.3C8H11N.C8H10O.C7H8ClN.2C7H7Cl.C6H7ClN2.2C6H8N2/c1-7-3-4-9(11-2)5-8(7)6-10;1-7-4-8(6-11)2-3-9(7)5-10;1-6-4-8(9)3-2-7(6)5-10;1-6-2-3-8(9)4-7(6)5-10;1-6-7(5-10)3-2-4-8(6)9;1-6-3-2-4-8(9)7(6)5-10;1-7-2-4-8(6-9)5-3-7;1-7-3-2-4-8(5-7)6-9;1-7-4-2-3-5-8(7)6-9;1-7-3-5-8(9-2)6-4-7;1-5-2-3-6(8)7(9)4-5;2*1-6-3-2-4-7(8)5-6;1-4-2-3-5(7)6(8)9-4;1-5-2-3-8-6(7)4-5;1-5-3-2-4-6(7)8-5/h3-5H,6,10H2,1-2H3;2-4,11H,5-6,10H2,1H3;4*2-4H,5,10H2,1H3;3*2-5H,6,9H2,1H3;3-6H,1-2H3;2-4H,9H2,1H3;2*2-5H,1H3;2-3H,1H3,(H2,8,9);2*2-4H,1H3,(H2,7,8). The van der Waals surface area contributed by atoms with E-state index in [1.165, 1.54) is 92.0 Å². The number of aliphatic hydroxyl groups is 1. The van der Waals surface area contributed by atoms with Gasteiger partial charge in [0.2, 0.25) is 0 Å². The van der Waals surface area contributed by atoms with Crippen LogP contribution in [0, 0.1) is 134 Å². The van der Waals surface area contributed by atoms with Gasteiger partial charge in [-0.2, -0.15) is 0 Å². The van der Waals surface area contributed by atoms with Crippen LogP contribution in [0.3, 0.4) is 0 Å². The van der Waals surface area contributed by atoms with Gasteiger partial charge in [-0.15, -0.1) is 0 Å². The first-order valence-electron chi connectivity index (χ1n) is 47.5. The number of aliphatic hydroxyl groups excluding tert-OH is 1. The van der Waals surface area contributed by atoms with Crippen LogP contribution in [-0.4, -0.2) is 34.3 Å². The number of anilines is 4. The molecule has 19 nitrogen and oxygen atoms in total. The Morgan fingerprint density at radius 3 is 1.09 bits per heavy atom. The molecule has 13 aromatic carbocycles. The number of aryl methyl sites for hydroxylation is 15. The monoisotopic (exact) mass is 2100 g/mol. The van der Waals surface area contributed by atoms with Crippen LogP contribution >= 0.6 is 46.4 Å². The number of hydrogen-bond donors (Lipinski definition) is 14. The molecule has 0 fully saturated rings. The van der Waals surface area contributed by atoms with Gasteiger partial charge >= 0.3 is 0 Å². The molecule has 0 atom stereocenters. The summed E-state index contributed by atoms with van der Waals surface area (Å²) in [7, 11) is 3.33. The van der Waals surface area contributed by atoms with Crippen molar-refractivity contribution in [2.75, 3.05) is 37.2 Å². The maximum Gasteiger partial charge on any atom is 0.142 e. The number of nitrogen functional groups attached to an aromatic ring is 4. The van der Waals surface area contributed by atoms with Crippen LogP contribution in [0.2, 0.25) is 20.1 Å². The first-order chi connectivity index (χ1) is 70.4. The minimum Gasteiger partial charge on any atom is -0.497 e. The lowest BCUT2D eigenvalue weighted by atomic mass is 10.1.